The van der Waals surface area contributed by atoms with Crippen molar-refractivity contribution in [2.24, 2.45) is 10.5 Å². The molecule has 1 aromatic carbocycles. The van der Waals surface area contributed by atoms with Gasteiger partial charge in [0.25, 0.3) is 0 Å². The van der Waals surface area contributed by atoms with Crippen LogP contribution in [0.3, 0.4) is 0 Å². The minimum Gasteiger partial charge on any atom is -0.494 e. The summed E-state index contributed by atoms with van der Waals surface area (Å²) in [6.45, 7) is 4.54. The van der Waals surface area contributed by atoms with Gasteiger partial charge in [-0.15, -0.1) is 0 Å². The van der Waals surface area contributed by atoms with E-state index in [1.807, 2.05) is 18.2 Å². The van der Waals surface area contributed by atoms with E-state index in [4.69, 9.17) is 15.3 Å². The highest BCUT2D eigenvalue weighted by Gasteiger charge is 2.36. The Bertz CT molecular complexity index is 757. The molecule has 2 fully saturated rings. The van der Waals surface area contributed by atoms with Crippen LogP contribution in [-0.4, -0.2) is 50.9 Å². The molecule has 0 aliphatic carbocycles. The molecule has 0 amide bonds. The Morgan fingerprint density at radius 3 is 2.33 bits per heavy atom. The Morgan fingerprint density at radius 1 is 1.11 bits per heavy atom. The number of hydrogen-bond donors (Lipinski definition) is 1. The summed E-state index contributed by atoms with van der Waals surface area (Å²) in [5.74, 6) is 0.644. The lowest BCUT2D eigenvalue weighted by Crippen LogP contribution is -2.46. The monoisotopic (exact) mass is 366 g/mol. The summed E-state index contributed by atoms with van der Waals surface area (Å²) in [6, 6.07) is 9.36. The fraction of sp³-hybridized carbons (Fsp3) is 0.550. The number of piperidine rings is 2. The summed E-state index contributed by atoms with van der Waals surface area (Å²) in [6.07, 6.45) is 5.09. The number of rotatable bonds is 4. The van der Waals surface area contributed by atoms with Gasteiger partial charge >= 0.3 is 0 Å². The average Bonchev–Trinajstić information content (AvgIpc) is 2.72. The van der Waals surface area contributed by atoms with Crippen LogP contribution in [0.4, 0.5) is 11.4 Å². The van der Waals surface area contributed by atoms with Crippen LogP contribution in [0, 0.1) is 28.1 Å². The number of hydrazone groups is 1. The molecule has 0 radical (unpaired) electrons. The minimum absolute atomic E-state index is 0.222. The van der Waals surface area contributed by atoms with E-state index >= 15 is 0 Å². The minimum atomic E-state index is -0.222. The van der Waals surface area contributed by atoms with E-state index in [0.717, 1.165) is 18.8 Å². The van der Waals surface area contributed by atoms with Gasteiger partial charge in [0.15, 0.2) is 0 Å². The van der Waals surface area contributed by atoms with Gasteiger partial charge in [-0.2, -0.15) is 15.6 Å². The van der Waals surface area contributed by atoms with Crippen molar-refractivity contribution in [3.63, 3.8) is 0 Å². The first-order valence-electron chi connectivity index (χ1n) is 9.34. The molecule has 1 N–H and O–H groups in total. The Labute approximate surface area is 160 Å². The molecule has 0 saturated carbocycles. The maximum atomic E-state index is 8.78. The van der Waals surface area contributed by atoms with Gasteiger partial charge in [0.1, 0.15) is 17.9 Å². The van der Waals surface area contributed by atoms with Crippen LogP contribution >= 0.6 is 0 Å². The molecule has 1 spiro atoms. The molecule has 2 heterocycles. The van der Waals surface area contributed by atoms with Crippen LogP contribution in [0.5, 0.6) is 5.75 Å². The highest BCUT2D eigenvalue weighted by molar-refractivity contribution is 6.10. The molecule has 0 bridgehead atoms. The van der Waals surface area contributed by atoms with E-state index in [1.54, 1.807) is 19.2 Å². The molecule has 3 rings (SSSR count). The maximum Gasteiger partial charge on any atom is 0.237 e. The van der Waals surface area contributed by atoms with Crippen molar-refractivity contribution in [1.82, 2.24) is 4.90 Å². The zero-order valence-corrected chi connectivity index (χ0v) is 16.0. The second-order valence-corrected chi connectivity index (χ2v) is 7.47. The van der Waals surface area contributed by atoms with Crippen LogP contribution < -0.4 is 15.1 Å². The van der Waals surface area contributed by atoms with E-state index in [1.165, 1.54) is 38.8 Å². The van der Waals surface area contributed by atoms with E-state index in [0.29, 0.717) is 16.9 Å². The summed E-state index contributed by atoms with van der Waals surface area (Å²) in [5, 5.41) is 21.4. The van der Waals surface area contributed by atoms with Gasteiger partial charge in [0, 0.05) is 24.8 Å². The van der Waals surface area contributed by atoms with Crippen molar-refractivity contribution in [1.29, 1.82) is 10.5 Å². The molecule has 2 aliphatic rings. The Balaban J connectivity index is 1.67. The van der Waals surface area contributed by atoms with Gasteiger partial charge in [-0.05, 0) is 63.4 Å². The summed E-state index contributed by atoms with van der Waals surface area (Å²) in [5.41, 5.74) is 4.80. The van der Waals surface area contributed by atoms with Crippen LogP contribution in [0.25, 0.3) is 0 Å². The average molecular weight is 366 g/mol. The lowest BCUT2D eigenvalue weighted by atomic mass is 9.71. The Hall–Kier alpha value is -2.77. The number of nitriles is 2. The molecule has 142 valence electrons. The molecule has 0 atom stereocenters. The van der Waals surface area contributed by atoms with Crippen molar-refractivity contribution < 1.29 is 4.74 Å². The molecule has 0 unspecified atom stereocenters. The SMILES string of the molecule is COc1cc(N2CCC3(CCN(C)CC3)CC2)ccc1NN=C(C#N)C#N. The fourth-order valence-corrected chi connectivity index (χ4v) is 3.99. The molecule has 7 nitrogen and oxygen atoms in total. The third-order valence-corrected chi connectivity index (χ3v) is 5.92. The number of methoxy groups -OCH3 is 1. The molecule has 2 saturated heterocycles. The summed E-state index contributed by atoms with van der Waals surface area (Å²) in [4.78, 5) is 4.84. The molecular weight excluding hydrogens is 340 g/mol. The quantitative estimate of drug-likeness (QED) is 0.651. The summed E-state index contributed by atoms with van der Waals surface area (Å²) >= 11 is 0. The van der Waals surface area contributed by atoms with Crippen molar-refractivity contribution in [3.8, 4) is 17.9 Å². The standard InChI is InChI=1S/C20H26N6O/c1-25-9-5-20(6-10-25)7-11-26(12-8-20)17-3-4-18(19(13-17)27-2)24-23-16(14-21)15-22/h3-4,13,24H,5-12H2,1-2H3. The second-order valence-electron chi connectivity index (χ2n) is 7.47. The fourth-order valence-electron chi connectivity index (χ4n) is 3.99. The van der Waals surface area contributed by atoms with Crippen LogP contribution in [0.2, 0.25) is 0 Å². The molecule has 2 aliphatic heterocycles. The van der Waals surface area contributed by atoms with E-state index in [-0.39, 0.29) is 5.71 Å². The number of benzene rings is 1. The van der Waals surface area contributed by atoms with Crippen molar-refractivity contribution in [3.05, 3.63) is 18.2 Å². The van der Waals surface area contributed by atoms with Crippen LogP contribution in [0.1, 0.15) is 25.7 Å². The summed E-state index contributed by atoms with van der Waals surface area (Å²) < 4.78 is 5.47. The molecule has 27 heavy (non-hydrogen) atoms. The molecule has 7 heteroatoms. The number of hydrogen-bond acceptors (Lipinski definition) is 7. The number of anilines is 2. The largest absolute Gasteiger partial charge is 0.494 e. The highest BCUT2D eigenvalue weighted by Crippen LogP contribution is 2.42. The number of nitrogens with zero attached hydrogens (tertiary/aromatic N) is 5. The van der Waals surface area contributed by atoms with E-state index in [2.05, 4.69) is 27.4 Å². The van der Waals surface area contributed by atoms with Gasteiger partial charge in [-0.1, -0.05) is 0 Å². The normalized spacial score (nSPS) is 19.0. The van der Waals surface area contributed by atoms with Crippen molar-refractivity contribution in [2.75, 3.05) is 50.7 Å². The van der Waals surface area contributed by atoms with Crippen molar-refractivity contribution in [2.45, 2.75) is 25.7 Å². The Kier molecular flexibility index (Phi) is 5.83. The zero-order valence-electron chi connectivity index (χ0n) is 16.0. The van der Waals surface area contributed by atoms with Gasteiger partial charge in [-0.3, -0.25) is 5.43 Å². The van der Waals surface area contributed by atoms with Gasteiger partial charge in [-0.25, -0.2) is 0 Å². The number of nitrogens with one attached hydrogen (secondary N) is 1. The molecular formula is C20H26N6O. The zero-order chi connectivity index (χ0) is 19.3. The predicted molar refractivity (Wildman–Crippen MR) is 106 cm³/mol. The lowest BCUT2D eigenvalue weighted by Gasteiger charge is -2.46. The first-order valence-corrected chi connectivity index (χ1v) is 9.34. The third-order valence-electron chi connectivity index (χ3n) is 5.92. The van der Waals surface area contributed by atoms with Crippen LogP contribution in [0.15, 0.2) is 23.3 Å². The first kappa shape index (κ1) is 19.0. The highest BCUT2D eigenvalue weighted by atomic mass is 16.5. The number of likely N-dealkylation sites (tertiary alicyclic amines) is 1. The second kappa shape index (κ2) is 8.28. The Morgan fingerprint density at radius 2 is 1.74 bits per heavy atom. The van der Waals surface area contributed by atoms with Crippen LogP contribution in [-0.2, 0) is 0 Å². The van der Waals surface area contributed by atoms with Crippen molar-refractivity contribution >= 4 is 17.1 Å². The van der Waals surface area contributed by atoms with E-state index < -0.39 is 0 Å². The maximum absolute atomic E-state index is 8.78. The predicted octanol–water partition coefficient (Wildman–Crippen LogP) is 2.82. The summed E-state index contributed by atoms with van der Waals surface area (Å²) in [7, 11) is 3.82. The smallest absolute Gasteiger partial charge is 0.237 e. The molecule has 1 aromatic rings. The number of ether oxygens (including phenoxy) is 1. The van der Waals surface area contributed by atoms with E-state index in [9.17, 15) is 0 Å². The first-order chi connectivity index (χ1) is 13.1. The topological polar surface area (TPSA) is 87.7 Å². The third kappa shape index (κ3) is 4.32. The lowest BCUT2D eigenvalue weighted by molar-refractivity contribution is 0.0945. The van der Waals surface area contributed by atoms with Gasteiger partial charge in [0.05, 0.1) is 12.8 Å². The van der Waals surface area contributed by atoms with Gasteiger partial charge in [0.2, 0.25) is 5.71 Å². The molecule has 0 aromatic heterocycles. The van der Waals surface area contributed by atoms with Gasteiger partial charge < -0.3 is 14.5 Å².